The molecule has 0 fully saturated rings. The third kappa shape index (κ3) is 4.11. The summed E-state index contributed by atoms with van der Waals surface area (Å²) in [7, 11) is 4.06. The van der Waals surface area contributed by atoms with Crippen molar-refractivity contribution in [3.05, 3.63) is 32.8 Å². The molecule has 0 spiro atoms. The van der Waals surface area contributed by atoms with Gasteiger partial charge in [0.05, 0.1) is 10.0 Å². The number of rotatable bonds is 5. The molecule has 0 saturated heterocycles. The van der Waals surface area contributed by atoms with Gasteiger partial charge in [-0.15, -0.1) is 0 Å². The van der Waals surface area contributed by atoms with Crippen molar-refractivity contribution in [2.75, 3.05) is 27.2 Å². The van der Waals surface area contributed by atoms with Crippen LogP contribution in [0.15, 0.2) is 12.1 Å². The normalized spacial score (nSPS) is 11.1. The van der Waals surface area contributed by atoms with Crippen LogP contribution in [0.1, 0.15) is 5.56 Å². The Morgan fingerprint density at radius 1 is 1.12 bits per heavy atom. The van der Waals surface area contributed by atoms with Gasteiger partial charge in [-0.25, -0.2) is 0 Å². The molecule has 0 aliphatic carbocycles. The summed E-state index contributed by atoms with van der Waals surface area (Å²) in [4.78, 5) is 2.11. The third-order valence-corrected chi connectivity index (χ3v) is 3.37. The van der Waals surface area contributed by atoms with Crippen molar-refractivity contribution in [3.63, 3.8) is 0 Å². The number of nitrogens with zero attached hydrogens (tertiary/aromatic N) is 1. The maximum absolute atomic E-state index is 6.07. The Hall–Kier alpha value is 0.01000. The van der Waals surface area contributed by atoms with E-state index in [0.717, 1.165) is 18.7 Å². The highest BCUT2D eigenvalue weighted by Crippen LogP contribution is 2.31. The first-order valence-electron chi connectivity index (χ1n) is 5.00. The van der Waals surface area contributed by atoms with Crippen molar-refractivity contribution in [1.82, 2.24) is 10.2 Å². The van der Waals surface area contributed by atoms with Gasteiger partial charge >= 0.3 is 0 Å². The predicted octanol–water partition coefficient (Wildman–Crippen LogP) is 3.30. The molecule has 16 heavy (non-hydrogen) atoms. The molecule has 0 aliphatic heterocycles. The molecule has 0 aliphatic rings. The zero-order valence-corrected chi connectivity index (χ0v) is 11.6. The molecule has 2 nitrogen and oxygen atoms in total. The predicted molar refractivity (Wildman–Crippen MR) is 71.7 cm³/mol. The van der Waals surface area contributed by atoms with E-state index in [4.69, 9.17) is 34.8 Å². The number of nitrogens with one attached hydrogen (secondary N) is 1. The van der Waals surface area contributed by atoms with E-state index >= 15 is 0 Å². The Morgan fingerprint density at radius 3 is 2.38 bits per heavy atom. The summed E-state index contributed by atoms with van der Waals surface area (Å²) in [6.07, 6.45) is 0. The molecule has 0 unspecified atom stereocenters. The second kappa shape index (κ2) is 6.67. The molecule has 0 amide bonds. The molecule has 0 atom stereocenters. The van der Waals surface area contributed by atoms with Crippen LogP contribution in [0.4, 0.5) is 0 Å². The number of benzene rings is 1. The van der Waals surface area contributed by atoms with E-state index in [1.54, 1.807) is 12.1 Å². The first-order chi connectivity index (χ1) is 7.52. The van der Waals surface area contributed by atoms with Crippen molar-refractivity contribution < 1.29 is 0 Å². The smallest absolute Gasteiger partial charge is 0.0652 e. The second-order valence-electron chi connectivity index (χ2n) is 3.80. The minimum Gasteiger partial charge on any atom is -0.311 e. The number of hydrogen-bond acceptors (Lipinski definition) is 2. The molecule has 1 rings (SSSR count). The molecule has 1 N–H and O–H groups in total. The first-order valence-corrected chi connectivity index (χ1v) is 6.13. The van der Waals surface area contributed by atoms with E-state index in [0.29, 0.717) is 21.6 Å². The van der Waals surface area contributed by atoms with Gasteiger partial charge in [0, 0.05) is 30.2 Å². The lowest BCUT2D eigenvalue weighted by Gasteiger charge is -2.12. The number of halogens is 3. The molecular formula is C11H15Cl3N2. The van der Waals surface area contributed by atoms with E-state index in [1.807, 2.05) is 14.1 Å². The zero-order valence-electron chi connectivity index (χ0n) is 9.36. The second-order valence-corrected chi connectivity index (χ2v) is 4.99. The maximum atomic E-state index is 6.07. The van der Waals surface area contributed by atoms with Gasteiger partial charge in [0.15, 0.2) is 0 Å². The van der Waals surface area contributed by atoms with Crippen LogP contribution >= 0.6 is 34.8 Å². The molecule has 0 heterocycles. The first kappa shape index (κ1) is 14.1. The van der Waals surface area contributed by atoms with Gasteiger partial charge in [0.25, 0.3) is 0 Å². The van der Waals surface area contributed by atoms with Crippen LogP contribution in [-0.2, 0) is 6.54 Å². The number of likely N-dealkylation sites (N-methyl/N-ethyl adjacent to an activating group) is 1. The summed E-state index contributed by atoms with van der Waals surface area (Å²) < 4.78 is 0. The fourth-order valence-corrected chi connectivity index (χ4v) is 1.93. The Morgan fingerprint density at radius 2 is 1.75 bits per heavy atom. The number of hydrogen-bond donors (Lipinski definition) is 1. The molecule has 1 aromatic carbocycles. The van der Waals surface area contributed by atoms with E-state index in [-0.39, 0.29) is 0 Å². The van der Waals surface area contributed by atoms with Crippen LogP contribution < -0.4 is 5.32 Å². The summed E-state index contributed by atoms with van der Waals surface area (Å²) in [5, 5.41) is 4.99. The standard InChI is InChI=1S/C11H15Cl3N2/c1-16(2)6-5-15-7-8-9(12)3-4-10(13)11(8)14/h3-4,15H,5-7H2,1-2H3. The molecule has 0 radical (unpaired) electrons. The van der Waals surface area contributed by atoms with Gasteiger partial charge in [-0.05, 0) is 26.2 Å². The van der Waals surface area contributed by atoms with Crippen LogP contribution in [-0.4, -0.2) is 32.1 Å². The van der Waals surface area contributed by atoms with E-state index in [2.05, 4.69) is 10.2 Å². The van der Waals surface area contributed by atoms with Crippen LogP contribution in [0.5, 0.6) is 0 Å². The third-order valence-electron chi connectivity index (χ3n) is 2.18. The Balaban J connectivity index is 2.56. The van der Waals surface area contributed by atoms with Gasteiger partial charge in [-0.1, -0.05) is 34.8 Å². The summed E-state index contributed by atoms with van der Waals surface area (Å²) in [6.45, 7) is 2.48. The zero-order chi connectivity index (χ0) is 12.1. The lowest BCUT2D eigenvalue weighted by Crippen LogP contribution is -2.26. The molecule has 5 heteroatoms. The summed E-state index contributed by atoms with van der Waals surface area (Å²) in [6, 6.07) is 3.47. The average Bonchev–Trinajstić information content (AvgIpc) is 2.22. The molecule has 0 aromatic heterocycles. The van der Waals surface area contributed by atoms with Gasteiger partial charge in [0.2, 0.25) is 0 Å². The van der Waals surface area contributed by atoms with Crippen molar-refractivity contribution in [1.29, 1.82) is 0 Å². The Kier molecular flexibility index (Phi) is 5.87. The van der Waals surface area contributed by atoms with E-state index in [9.17, 15) is 0 Å². The topological polar surface area (TPSA) is 15.3 Å². The average molecular weight is 282 g/mol. The van der Waals surface area contributed by atoms with Gasteiger partial charge < -0.3 is 10.2 Å². The SMILES string of the molecule is CN(C)CCNCc1c(Cl)ccc(Cl)c1Cl. The van der Waals surface area contributed by atoms with Gasteiger partial charge in [-0.2, -0.15) is 0 Å². The quantitative estimate of drug-likeness (QED) is 0.658. The molecule has 0 saturated carbocycles. The minimum absolute atomic E-state index is 0.534. The largest absolute Gasteiger partial charge is 0.311 e. The fraction of sp³-hybridized carbons (Fsp3) is 0.455. The van der Waals surface area contributed by atoms with Crippen LogP contribution in [0.2, 0.25) is 15.1 Å². The van der Waals surface area contributed by atoms with Gasteiger partial charge in [0.1, 0.15) is 0 Å². The highest BCUT2D eigenvalue weighted by Gasteiger charge is 2.08. The van der Waals surface area contributed by atoms with Crippen LogP contribution in [0, 0.1) is 0 Å². The van der Waals surface area contributed by atoms with Crippen LogP contribution in [0.25, 0.3) is 0 Å². The van der Waals surface area contributed by atoms with Crippen LogP contribution in [0.3, 0.4) is 0 Å². The minimum atomic E-state index is 0.534. The molecule has 0 bridgehead atoms. The Bertz CT molecular complexity index is 353. The van der Waals surface area contributed by atoms with Crippen molar-refractivity contribution >= 4 is 34.8 Å². The highest BCUT2D eigenvalue weighted by molar-refractivity contribution is 6.44. The summed E-state index contributed by atoms with van der Waals surface area (Å²) in [5.41, 5.74) is 0.856. The summed E-state index contributed by atoms with van der Waals surface area (Å²) in [5.74, 6) is 0. The molecule has 1 aromatic rings. The van der Waals surface area contributed by atoms with Crippen molar-refractivity contribution in [2.45, 2.75) is 6.54 Å². The maximum Gasteiger partial charge on any atom is 0.0652 e. The lowest BCUT2D eigenvalue weighted by molar-refractivity contribution is 0.400. The van der Waals surface area contributed by atoms with E-state index < -0.39 is 0 Å². The highest BCUT2D eigenvalue weighted by atomic mass is 35.5. The fourth-order valence-electron chi connectivity index (χ4n) is 1.25. The van der Waals surface area contributed by atoms with Gasteiger partial charge in [-0.3, -0.25) is 0 Å². The summed E-state index contributed by atoms with van der Waals surface area (Å²) >= 11 is 18.0. The van der Waals surface area contributed by atoms with Crippen molar-refractivity contribution in [3.8, 4) is 0 Å². The lowest BCUT2D eigenvalue weighted by atomic mass is 10.2. The molecule has 90 valence electrons. The monoisotopic (exact) mass is 280 g/mol. The molecular weight excluding hydrogens is 266 g/mol. The van der Waals surface area contributed by atoms with E-state index in [1.165, 1.54) is 0 Å². The van der Waals surface area contributed by atoms with Crippen molar-refractivity contribution in [2.24, 2.45) is 0 Å². The Labute approximate surface area is 111 Å².